The number of fused-ring (bicyclic) bond motifs is 1. The van der Waals surface area contributed by atoms with E-state index in [0.29, 0.717) is 0 Å². The molecule has 2 heteroatoms. The van der Waals surface area contributed by atoms with E-state index in [9.17, 15) is 0 Å². The van der Waals surface area contributed by atoms with E-state index in [1.807, 2.05) is 0 Å². The average Bonchev–Trinajstić information content (AvgIpc) is 2.27. The largest absolute Gasteiger partial charge is 0.302 e. The number of hydrogen-bond donors (Lipinski definition) is 1. The zero-order valence-electron chi connectivity index (χ0n) is 6.64. The van der Waals surface area contributed by atoms with Crippen LogP contribution in [0.5, 0.6) is 0 Å². The van der Waals surface area contributed by atoms with E-state index in [2.05, 4.69) is 17.1 Å². The lowest BCUT2D eigenvalue weighted by molar-refractivity contribution is 0.178. The highest BCUT2D eigenvalue weighted by Gasteiger charge is 2.30. The normalized spacial score (nSPS) is 41.7. The van der Waals surface area contributed by atoms with Gasteiger partial charge in [0, 0.05) is 13.1 Å². The molecule has 0 saturated carbocycles. The van der Waals surface area contributed by atoms with Crippen molar-refractivity contribution < 1.29 is 0 Å². The summed E-state index contributed by atoms with van der Waals surface area (Å²) < 4.78 is 0. The minimum absolute atomic E-state index is 0.726. The van der Waals surface area contributed by atoms with E-state index in [1.54, 1.807) is 0 Å². The number of rotatable bonds is 0. The fourth-order valence-electron chi connectivity index (χ4n) is 2.14. The Morgan fingerprint density at radius 1 is 1.50 bits per heavy atom. The smallest absolute Gasteiger partial charge is 0.0600 e. The SMILES string of the molecule is C[C@H]1C[C@@H]2NCCCN2C1. The lowest BCUT2D eigenvalue weighted by Gasteiger charge is -2.30. The molecule has 10 heavy (non-hydrogen) atoms. The quantitative estimate of drug-likeness (QED) is 0.531. The zero-order chi connectivity index (χ0) is 6.97. The van der Waals surface area contributed by atoms with Crippen molar-refractivity contribution in [1.29, 1.82) is 0 Å². The van der Waals surface area contributed by atoms with Gasteiger partial charge in [-0.05, 0) is 25.3 Å². The summed E-state index contributed by atoms with van der Waals surface area (Å²) in [5, 5.41) is 3.54. The molecule has 0 radical (unpaired) electrons. The van der Waals surface area contributed by atoms with Gasteiger partial charge in [0.15, 0.2) is 0 Å². The molecule has 2 aliphatic heterocycles. The fraction of sp³-hybridized carbons (Fsp3) is 1.00. The minimum atomic E-state index is 0.726. The van der Waals surface area contributed by atoms with Gasteiger partial charge in [-0.1, -0.05) is 6.92 Å². The molecule has 2 heterocycles. The topological polar surface area (TPSA) is 15.3 Å². The highest BCUT2D eigenvalue weighted by Crippen LogP contribution is 2.22. The van der Waals surface area contributed by atoms with Crippen molar-refractivity contribution in [1.82, 2.24) is 10.2 Å². The summed E-state index contributed by atoms with van der Waals surface area (Å²) in [5.41, 5.74) is 0. The second-order valence-electron chi connectivity index (χ2n) is 3.66. The molecule has 0 spiro atoms. The fourth-order valence-corrected chi connectivity index (χ4v) is 2.14. The molecule has 0 bridgehead atoms. The zero-order valence-corrected chi connectivity index (χ0v) is 6.64. The van der Waals surface area contributed by atoms with E-state index < -0.39 is 0 Å². The van der Waals surface area contributed by atoms with Gasteiger partial charge in [0.1, 0.15) is 0 Å². The second-order valence-corrected chi connectivity index (χ2v) is 3.66. The number of hydrogen-bond acceptors (Lipinski definition) is 2. The maximum atomic E-state index is 3.54. The van der Waals surface area contributed by atoms with Gasteiger partial charge in [0.05, 0.1) is 6.17 Å². The summed E-state index contributed by atoms with van der Waals surface area (Å²) in [6.07, 6.45) is 3.42. The van der Waals surface area contributed by atoms with Crippen molar-refractivity contribution >= 4 is 0 Å². The molecular weight excluding hydrogens is 124 g/mol. The highest BCUT2D eigenvalue weighted by atomic mass is 15.3. The maximum absolute atomic E-state index is 3.54. The Kier molecular flexibility index (Phi) is 1.66. The van der Waals surface area contributed by atoms with Crippen LogP contribution >= 0.6 is 0 Å². The van der Waals surface area contributed by atoms with Crippen LogP contribution in [0.2, 0.25) is 0 Å². The van der Waals surface area contributed by atoms with E-state index >= 15 is 0 Å². The molecule has 58 valence electrons. The van der Waals surface area contributed by atoms with Crippen LogP contribution in [0.1, 0.15) is 19.8 Å². The van der Waals surface area contributed by atoms with Crippen molar-refractivity contribution in [2.24, 2.45) is 5.92 Å². The first-order valence-corrected chi connectivity index (χ1v) is 4.33. The first-order valence-electron chi connectivity index (χ1n) is 4.33. The molecule has 2 fully saturated rings. The van der Waals surface area contributed by atoms with E-state index in [1.165, 1.54) is 32.5 Å². The van der Waals surface area contributed by atoms with Crippen molar-refractivity contribution in [2.45, 2.75) is 25.9 Å². The van der Waals surface area contributed by atoms with Crippen LogP contribution in [0, 0.1) is 5.92 Å². The van der Waals surface area contributed by atoms with Gasteiger partial charge in [-0.15, -0.1) is 0 Å². The van der Waals surface area contributed by atoms with Crippen molar-refractivity contribution in [3.8, 4) is 0 Å². The summed E-state index contributed by atoms with van der Waals surface area (Å²) in [4.78, 5) is 2.58. The lowest BCUT2D eigenvalue weighted by Crippen LogP contribution is -2.47. The molecule has 2 atom stereocenters. The molecule has 0 aromatic carbocycles. The summed E-state index contributed by atoms with van der Waals surface area (Å²) in [6, 6.07) is 0. The molecule has 2 rings (SSSR count). The molecule has 0 unspecified atom stereocenters. The van der Waals surface area contributed by atoms with Crippen LogP contribution in [0.15, 0.2) is 0 Å². The molecule has 2 nitrogen and oxygen atoms in total. The highest BCUT2D eigenvalue weighted by molar-refractivity contribution is 4.84. The van der Waals surface area contributed by atoms with Crippen LogP contribution in [-0.4, -0.2) is 30.7 Å². The third kappa shape index (κ3) is 1.06. The Labute approximate surface area is 62.6 Å². The first kappa shape index (κ1) is 6.62. The summed E-state index contributed by atoms with van der Waals surface area (Å²) in [5.74, 6) is 0.913. The Hall–Kier alpha value is -0.0800. The van der Waals surface area contributed by atoms with Crippen LogP contribution in [0.3, 0.4) is 0 Å². The minimum Gasteiger partial charge on any atom is -0.302 e. The molecule has 0 aromatic heterocycles. The van der Waals surface area contributed by atoms with Gasteiger partial charge in [-0.2, -0.15) is 0 Å². The van der Waals surface area contributed by atoms with Gasteiger partial charge in [-0.25, -0.2) is 0 Å². The predicted octanol–water partition coefficient (Wildman–Crippen LogP) is 0.648. The second kappa shape index (κ2) is 2.51. The van der Waals surface area contributed by atoms with Crippen LogP contribution in [-0.2, 0) is 0 Å². The lowest BCUT2D eigenvalue weighted by atomic mass is 10.1. The first-order chi connectivity index (χ1) is 4.86. The predicted molar refractivity (Wildman–Crippen MR) is 41.8 cm³/mol. The average molecular weight is 140 g/mol. The molecular formula is C8H16N2. The van der Waals surface area contributed by atoms with Crippen molar-refractivity contribution in [3.63, 3.8) is 0 Å². The van der Waals surface area contributed by atoms with E-state index in [0.717, 1.165) is 12.1 Å². The molecule has 1 N–H and O–H groups in total. The van der Waals surface area contributed by atoms with Gasteiger partial charge < -0.3 is 5.32 Å². The molecule has 0 amide bonds. The number of nitrogens with one attached hydrogen (secondary N) is 1. The summed E-state index contributed by atoms with van der Waals surface area (Å²) >= 11 is 0. The molecule has 0 aromatic rings. The maximum Gasteiger partial charge on any atom is 0.0600 e. The van der Waals surface area contributed by atoms with Gasteiger partial charge in [0.25, 0.3) is 0 Å². The van der Waals surface area contributed by atoms with Crippen LogP contribution < -0.4 is 5.32 Å². The van der Waals surface area contributed by atoms with Gasteiger partial charge in [0.2, 0.25) is 0 Å². The monoisotopic (exact) mass is 140 g/mol. The number of nitrogens with zero attached hydrogens (tertiary/aromatic N) is 1. The summed E-state index contributed by atoms with van der Waals surface area (Å²) in [7, 11) is 0. The Morgan fingerprint density at radius 2 is 2.40 bits per heavy atom. The molecule has 2 aliphatic rings. The third-order valence-electron chi connectivity index (χ3n) is 2.61. The standard InChI is InChI=1S/C8H16N2/c1-7-5-8-9-3-2-4-10(8)6-7/h7-9H,2-6H2,1H3/t7-,8+/m0/s1. The van der Waals surface area contributed by atoms with Crippen molar-refractivity contribution in [2.75, 3.05) is 19.6 Å². The Bertz CT molecular complexity index is 110. The third-order valence-corrected chi connectivity index (χ3v) is 2.61. The Morgan fingerprint density at radius 3 is 3.20 bits per heavy atom. The van der Waals surface area contributed by atoms with Gasteiger partial charge in [-0.3, -0.25) is 4.90 Å². The van der Waals surface area contributed by atoms with E-state index in [-0.39, 0.29) is 0 Å². The molecule has 0 aliphatic carbocycles. The van der Waals surface area contributed by atoms with E-state index in [4.69, 9.17) is 0 Å². The van der Waals surface area contributed by atoms with Crippen LogP contribution in [0.25, 0.3) is 0 Å². The Balaban J connectivity index is 1.97. The van der Waals surface area contributed by atoms with Gasteiger partial charge >= 0.3 is 0 Å². The van der Waals surface area contributed by atoms with Crippen molar-refractivity contribution in [3.05, 3.63) is 0 Å². The summed E-state index contributed by atoms with van der Waals surface area (Å²) in [6.45, 7) is 6.22. The molecule has 2 saturated heterocycles. The van der Waals surface area contributed by atoms with Crippen LogP contribution in [0.4, 0.5) is 0 Å².